The number of fused-ring (bicyclic) bond motifs is 1. The molecule has 0 bridgehead atoms. The minimum Gasteiger partial charge on any atom is -0.353 e. The van der Waals surface area contributed by atoms with Gasteiger partial charge in [0.2, 0.25) is 0 Å². The maximum absolute atomic E-state index is 4.58. The number of anilines is 1. The van der Waals surface area contributed by atoms with Gasteiger partial charge in [-0.25, -0.2) is 9.97 Å². The third-order valence-corrected chi connectivity index (χ3v) is 5.67. The highest BCUT2D eigenvalue weighted by molar-refractivity contribution is 7.16. The zero-order valence-electron chi connectivity index (χ0n) is 13.9. The molecule has 0 saturated carbocycles. The Labute approximate surface area is 146 Å². The maximum Gasteiger partial charge on any atom is 0.140 e. The molecule has 1 unspecified atom stereocenters. The molecule has 0 spiro atoms. The highest BCUT2D eigenvalue weighted by atomic mass is 32.1. The monoisotopic (exact) mass is 338 g/mol. The molecular formula is C19H22N4S. The van der Waals surface area contributed by atoms with Crippen molar-refractivity contribution < 1.29 is 0 Å². The molecular weight excluding hydrogens is 316 g/mol. The van der Waals surface area contributed by atoms with E-state index in [9.17, 15) is 0 Å². The normalized spacial score (nSPS) is 19.0. The van der Waals surface area contributed by atoms with E-state index in [-0.39, 0.29) is 0 Å². The second kappa shape index (κ2) is 6.87. The van der Waals surface area contributed by atoms with Gasteiger partial charge in [-0.1, -0.05) is 37.3 Å². The molecule has 3 aromatic rings. The Morgan fingerprint density at radius 1 is 1.12 bits per heavy atom. The molecule has 1 atom stereocenters. The summed E-state index contributed by atoms with van der Waals surface area (Å²) in [5, 5.41) is 3.29. The lowest BCUT2D eigenvalue weighted by molar-refractivity contribution is 0.163. The van der Waals surface area contributed by atoms with Gasteiger partial charge in [-0.2, -0.15) is 0 Å². The molecule has 5 heteroatoms. The van der Waals surface area contributed by atoms with E-state index in [2.05, 4.69) is 68.5 Å². The minimum absolute atomic E-state index is 0.558. The van der Waals surface area contributed by atoms with Crippen LogP contribution < -0.4 is 4.90 Å². The van der Waals surface area contributed by atoms with E-state index in [0.717, 1.165) is 43.2 Å². The Balaban J connectivity index is 1.53. The van der Waals surface area contributed by atoms with Crippen LogP contribution in [0.15, 0.2) is 48.1 Å². The second-order valence-electron chi connectivity index (χ2n) is 6.30. The summed E-state index contributed by atoms with van der Waals surface area (Å²) in [6.07, 6.45) is 2.85. The van der Waals surface area contributed by atoms with Crippen molar-refractivity contribution in [3.8, 4) is 0 Å². The SMILES string of the molecule is CCC1CN(c2ncnc3sccc23)CCN1Cc1ccccc1. The van der Waals surface area contributed by atoms with Crippen molar-refractivity contribution in [3.05, 3.63) is 53.7 Å². The summed E-state index contributed by atoms with van der Waals surface area (Å²) in [6, 6.07) is 13.5. The van der Waals surface area contributed by atoms with Crippen molar-refractivity contribution in [2.75, 3.05) is 24.5 Å². The van der Waals surface area contributed by atoms with Gasteiger partial charge in [-0.05, 0) is 23.4 Å². The summed E-state index contributed by atoms with van der Waals surface area (Å²) < 4.78 is 0. The van der Waals surface area contributed by atoms with Crippen LogP contribution in [0.25, 0.3) is 10.2 Å². The quantitative estimate of drug-likeness (QED) is 0.724. The third kappa shape index (κ3) is 3.01. The van der Waals surface area contributed by atoms with Gasteiger partial charge in [0.25, 0.3) is 0 Å². The van der Waals surface area contributed by atoms with Crippen LogP contribution in [-0.4, -0.2) is 40.5 Å². The van der Waals surface area contributed by atoms with E-state index < -0.39 is 0 Å². The van der Waals surface area contributed by atoms with Crippen molar-refractivity contribution in [1.82, 2.24) is 14.9 Å². The first kappa shape index (κ1) is 15.5. The summed E-state index contributed by atoms with van der Waals surface area (Å²) in [5.74, 6) is 1.10. The fraction of sp³-hybridized carbons (Fsp3) is 0.368. The Hall–Kier alpha value is -1.98. The highest BCUT2D eigenvalue weighted by Crippen LogP contribution is 2.29. The first-order valence-electron chi connectivity index (χ1n) is 8.56. The predicted molar refractivity (Wildman–Crippen MR) is 101 cm³/mol. The lowest BCUT2D eigenvalue weighted by Gasteiger charge is -2.42. The summed E-state index contributed by atoms with van der Waals surface area (Å²) in [4.78, 5) is 15.1. The largest absolute Gasteiger partial charge is 0.353 e. The zero-order valence-corrected chi connectivity index (χ0v) is 14.7. The van der Waals surface area contributed by atoms with Crippen molar-refractivity contribution in [2.45, 2.75) is 25.9 Å². The molecule has 1 fully saturated rings. The topological polar surface area (TPSA) is 32.3 Å². The summed E-state index contributed by atoms with van der Waals surface area (Å²) in [7, 11) is 0. The highest BCUT2D eigenvalue weighted by Gasteiger charge is 2.27. The molecule has 24 heavy (non-hydrogen) atoms. The van der Waals surface area contributed by atoms with Gasteiger partial charge < -0.3 is 4.90 Å². The average Bonchev–Trinajstić information content (AvgIpc) is 3.12. The number of thiophene rings is 1. The molecule has 4 rings (SSSR count). The van der Waals surface area contributed by atoms with Crippen molar-refractivity contribution in [3.63, 3.8) is 0 Å². The molecule has 1 aliphatic rings. The first-order chi connectivity index (χ1) is 11.8. The van der Waals surface area contributed by atoms with Crippen LogP contribution >= 0.6 is 11.3 Å². The number of nitrogens with zero attached hydrogens (tertiary/aromatic N) is 4. The maximum atomic E-state index is 4.58. The van der Waals surface area contributed by atoms with Crippen LogP contribution in [0.3, 0.4) is 0 Å². The molecule has 1 aromatic carbocycles. The average molecular weight is 338 g/mol. The third-order valence-electron chi connectivity index (χ3n) is 4.84. The first-order valence-corrected chi connectivity index (χ1v) is 9.44. The summed E-state index contributed by atoms with van der Waals surface area (Å²) >= 11 is 1.69. The fourth-order valence-electron chi connectivity index (χ4n) is 3.53. The Morgan fingerprint density at radius 3 is 2.83 bits per heavy atom. The molecule has 1 aliphatic heterocycles. The number of rotatable bonds is 4. The van der Waals surface area contributed by atoms with Gasteiger partial charge in [0.15, 0.2) is 0 Å². The van der Waals surface area contributed by atoms with Crippen LogP contribution in [0.5, 0.6) is 0 Å². The molecule has 2 aromatic heterocycles. The van der Waals surface area contributed by atoms with Gasteiger partial charge in [0, 0.05) is 32.2 Å². The van der Waals surface area contributed by atoms with Gasteiger partial charge in [-0.15, -0.1) is 11.3 Å². The van der Waals surface area contributed by atoms with Gasteiger partial charge in [0.1, 0.15) is 17.0 Å². The number of benzene rings is 1. The number of aromatic nitrogens is 2. The van der Waals surface area contributed by atoms with Crippen molar-refractivity contribution in [1.29, 1.82) is 0 Å². The molecule has 4 nitrogen and oxygen atoms in total. The lowest BCUT2D eigenvalue weighted by atomic mass is 10.1. The molecule has 124 valence electrons. The molecule has 0 radical (unpaired) electrons. The molecule has 0 aliphatic carbocycles. The van der Waals surface area contributed by atoms with Gasteiger partial charge >= 0.3 is 0 Å². The second-order valence-corrected chi connectivity index (χ2v) is 7.20. The number of hydrogen-bond donors (Lipinski definition) is 0. The van der Waals surface area contributed by atoms with Crippen LogP contribution in [0.2, 0.25) is 0 Å². The number of piperazine rings is 1. The van der Waals surface area contributed by atoms with Crippen molar-refractivity contribution >= 4 is 27.4 Å². The lowest BCUT2D eigenvalue weighted by Crippen LogP contribution is -2.52. The minimum atomic E-state index is 0.558. The van der Waals surface area contributed by atoms with Crippen LogP contribution in [0, 0.1) is 0 Å². The number of hydrogen-bond acceptors (Lipinski definition) is 5. The van der Waals surface area contributed by atoms with E-state index in [4.69, 9.17) is 0 Å². The molecule has 0 amide bonds. The van der Waals surface area contributed by atoms with E-state index in [1.165, 1.54) is 10.9 Å². The van der Waals surface area contributed by atoms with Crippen molar-refractivity contribution in [2.24, 2.45) is 0 Å². The zero-order chi connectivity index (χ0) is 16.4. The molecule has 1 saturated heterocycles. The van der Waals surface area contributed by atoms with E-state index >= 15 is 0 Å². The van der Waals surface area contributed by atoms with Crippen LogP contribution in [0.1, 0.15) is 18.9 Å². The smallest absolute Gasteiger partial charge is 0.140 e. The van der Waals surface area contributed by atoms with Crippen LogP contribution in [0.4, 0.5) is 5.82 Å². The Morgan fingerprint density at radius 2 is 2.00 bits per heavy atom. The summed E-state index contributed by atoms with van der Waals surface area (Å²) in [6.45, 7) is 6.44. The van der Waals surface area contributed by atoms with Gasteiger partial charge in [0.05, 0.1) is 5.39 Å². The molecule has 3 heterocycles. The van der Waals surface area contributed by atoms with E-state index in [1.54, 1.807) is 17.7 Å². The predicted octanol–water partition coefficient (Wildman–Crippen LogP) is 3.79. The van der Waals surface area contributed by atoms with Crippen LogP contribution in [-0.2, 0) is 6.54 Å². The Kier molecular flexibility index (Phi) is 4.45. The van der Waals surface area contributed by atoms with E-state index in [1.807, 2.05) is 0 Å². The molecule has 0 N–H and O–H groups in total. The summed E-state index contributed by atoms with van der Waals surface area (Å²) in [5.41, 5.74) is 1.40. The Bertz CT molecular complexity index is 801. The van der Waals surface area contributed by atoms with Gasteiger partial charge in [-0.3, -0.25) is 4.90 Å². The fourth-order valence-corrected chi connectivity index (χ4v) is 4.25. The standard InChI is InChI=1S/C19H22N4S/c1-2-16-13-23(18-17-8-11-24-19(17)21-14-20-18)10-9-22(16)12-15-6-4-3-5-7-15/h3-8,11,14,16H,2,9-10,12-13H2,1H3. The van der Waals surface area contributed by atoms with E-state index in [0.29, 0.717) is 6.04 Å².